The maximum Gasteiger partial charge on any atom is 0.170 e. The first kappa shape index (κ1) is 15.8. The van der Waals surface area contributed by atoms with Gasteiger partial charge in [0.1, 0.15) is 5.82 Å². The molecule has 6 heteroatoms. The molecule has 0 aliphatic rings. The molecule has 0 saturated carbocycles. The van der Waals surface area contributed by atoms with E-state index in [9.17, 15) is 4.39 Å². The van der Waals surface area contributed by atoms with Crippen LogP contribution >= 0.6 is 11.8 Å². The van der Waals surface area contributed by atoms with Crippen molar-refractivity contribution in [2.45, 2.75) is 25.9 Å². The number of oxime groups is 1. The van der Waals surface area contributed by atoms with Crippen molar-refractivity contribution in [3.05, 3.63) is 35.1 Å². The lowest BCUT2D eigenvalue weighted by Crippen LogP contribution is -2.30. The summed E-state index contributed by atoms with van der Waals surface area (Å²) >= 11 is 1.78. The number of nitrogens with two attached hydrogens (primary N) is 1. The van der Waals surface area contributed by atoms with Crippen LogP contribution in [0.25, 0.3) is 0 Å². The summed E-state index contributed by atoms with van der Waals surface area (Å²) in [6, 6.07) is 4.81. The molecule has 1 atom stereocenters. The second kappa shape index (κ2) is 8.01. The maximum absolute atomic E-state index is 13.5. The molecule has 1 unspecified atom stereocenters. The number of hydrogen-bond donors (Lipinski definition) is 3. The highest BCUT2D eigenvalue weighted by molar-refractivity contribution is 7.98. The first-order chi connectivity index (χ1) is 9.10. The van der Waals surface area contributed by atoms with Gasteiger partial charge >= 0.3 is 0 Å². The van der Waals surface area contributed by atoms with Crippen molar-refractivity contribution in [1.82, 2.24) is 5.32 Å². The molecule has 4 nitrogen and oxygen atoms in total. The second-order valence-electron chi connectivity index (χ2n) is 4.27. The topological polar surface area (TPSA) is 70.6 Å². The quantitative estimate of drug-likeness (QED) is 0.311. The van der Waals surface area contributed by atoms with Gasteiger partial charge in [0.2, 0.25) is 0 Å². The number of rotatable bonds is 7. The van der Waals surface area contributed by atoms with Gasteiger partial charge in [0, 0.05) is 23.9 Å². The van der Waals surface area contributed by atoms with E-state index in [1.807, 2.05) is 0 Å². The predicted octanol–water partition coefficient (Wildman–Crippen LogP) is 2.15. The third-order valence-corrected chi connectivity index (χ3v) is 3.55. The Kier molecular flexibility index (Phi) is 6.66. The van der Waals surface area contributed by atoms with Crippen LogP contribution in [0.3, 0.4) is 0 Å². The monoisotopic (exact) mass is 285 g/mol. The molecule has 1 rings (SSSR count). The number of halogens is 1. The second-order valence-corrected chi connectivity index (χ2v) is 5.19. The summed E-state index contributed by atoms with van der Waals surface area (Å²) in [5, 5.41) is 14.9. The van der Waals surface area contributed by atoms with Crippen LogP contribution in [0.4, 0.5) is 4.39 Å². The summed E-state index contributed by atoms with van der Waals surface area (Å²) < 4.78 is 13.5. The van der Waals surface area contributed by atoms with E-state index < -0.39 is 0 Å². The third kappa shape index (κ3) is 5.08. The van der Waals surface area contributed by atoms with E-state index in [1.54, 1.807) is 17.8 Å². The molecule has 1 aromatic carbocycles. The minimum Gasteiger partial charge on any atom is -0.409 e. The molecular formula is C13H20FN3OS. The van der Waals surface area contributed by atoms with Crippen LogP contribution in [0.5, 0.6) is 0 Å². The molecule has 1 aromatic rings. The number of benzene rings is 1. The number of hydrogen-bond acceptors (Lipinski definition) is 4. The fourth-order valence-electron chi connectivity index (χ4n) is 1.74. The van der Waals surface area contributed by atoms with Crippen molar-refractivity contribution in [2.24, 2.45) is 10.9 Å². The van der Waals surface area contributed by atoms with Crippen LogP contribution in [-0.2, 0) is 6.54 Å². The molecule has 19 heavy (non-hydrogen) atoms. The molecule has 106 valence electrons. The van der Waals surface area contributed by atoms with Crippen LogP contribution in [0.2, 0.25) is 0 Å². The smallest absolute Gasteiger partial charge is 0.170 e. The SMILES string of the molecule is CCC(CSC)NCc1cc(F)cc(/C(N)=N/O)c1. The summed E-state index contributed by atoms with van der Waals surface area (Å²) in [5.41, 5.74) is 6.64. The molecule has 0 radical (unpaired) electrons. The van der Waals surface area contributed by atoms with Crippen LogP contribution in [0, 0.1) is 5.82 Å². The summed E-state index contributed by atoms with van der Waals surface area (Å²) in [4.78, 5) is 0. The zero-order chi connectivity index (χ0) is 14.3. The minimum absolute atomic E-state index is 0.0862. The van der Waals surface area contributed by atoms with Gasteiger partial charge in [-0.1, -0.05) is 12.1 Å². The Balaban J connectivity index is 2.75. The zero-order valence-corrected chi connectivity index (χ0v) is 12.0. The van der Waals surface area contributed by atoms with E-state index in [0.717, 1.165) is 17.7 Å². The van der Waals surface area contributed by atoms with Gasteiger partial charge in [-0.2, -0.15) is 11.8 Å². The van der Waals surface area contributed by atoms with Gasteiger partial charge in [-0.3, -0.25) is 0 Å². The van der Waals surface area contributed by atoms with Crippen LogP contribution in [0.1, 0.15) is 24.5 Å². The third-order valence-electron chi connectivity index (χ3n) is 2.82. The molecule has 0 spiro atoms. The van der Waals surface area contributed by atoms with Gasteiger partial charge in [-0.15, -0.1) is 0 Å². The molecule has 0 aliphatic heterocycles. The summed E-state index contributed by atoms with van der Waals surface area (Å²) in [5.74, 6) is 0.537. The highest BCUT2D eigenvalue weighted by atomic mass is 32.2. The van der Waals surface area contributed by atoms with Crippen molar-refractivity contribution >= 4 is 17.6 Å². The molecule has 0 saturated heterocycles. The van der Waals surface area contributed by atoms with Gasteiger partial charge in [0.05, 0.1) is 0 Å². The molecule has 0 fully saturated rings. The van der Waals surface area contributed by atoms with Gasteiger partial charge in [-0.25, -0.2) is 4.39 Å². The zero-order valence-electron chi connectivity index (χ0n) is 11.2. The predicted molar refractivity (Wildman–Crippen MR) is 78.2 cm³/mol. The molecule has 4 N–H and O–H groups in total. The Labute approximate surface area is 117 Å². The Morgan fingerprint density at radius 3 is 2.84 bits per heavy atom. The minimum atomic E-state index is -0.390. The lowest BCUT2D eigenvalue weighted by molar-refractivity contribution is 0.318. The maximum atomic E-state index is 13.5. The Morgan fingerprint density at radius 2 is 2.26 bits per heavy atom. The molecular weight excluding hydrogens is 265 g/mol. The van der Waals surface area contributed by atoms with Gasteiger partial charge in [0.15, 0.2) is 5.84 Å². The number of nitrogens with one attached hydrogen (secondary N) is 1. The van der Waals surface area contributed by atoms with Crippen LogP contribution < -0.4 is 11.1 Å². The molecule has 0 aromatic heterocycles. The van der Waals surface area contributed by atoms with Gasteiger partial charge in [-0.05, 0) is 36.4 Å². The number of nitrogens with zero attached hydrogens (tertiary/aromatic N) is 1. The highest BCUT2D eigenvalue weighted by Gasteiger charge is 2.08. The van der Waals surface area contributed by atoms with E-state index in [0.29, 0.717) is 18.2 Å². The van der Waals surface area contributed by atoms with Gasteiger partial charge in [0.25, 0.3) is 0 Å². The van der Waals surface area contributed by atoms with E-state index in [4.69, 9.17) is 10.9 Å². The van der Waals surface area contributed by atoms with Crippen molar-refractivity contribution in [3.8, 4) is 0 Å². The average Bonchev–Trinajstić information content (AvgIpc) is 2.41. The lowest BCUT2D eigenvalue weighted by atomic mass is 10.1. The highest BCUT2D eigenvalue weighted by Crippen LogP contribution is 2.10. The number of amidine groups is 1. The van der Waals surface area contributed by atoms with Crippen LogP contribution in [0.15, 0.2) is 23.4 Å². The van der Waals surface area contributed by atoms with E-state index in [2.05, 4.69) is 23.7 Å². The van der Waals surface area contributed by atoms with E-state index in [-0.39, 0.29) is 11.7 Å². The molecule has 0 heterocycles. The standard InChI is InChI=1S/C13H20FN3OS/c1-3-12(8-19-2)16-7-9-4-10(13(15)17-18)6-11(14)5-9/h4-6,12,16,18H,3,7-8H2,1-2H3,(H2,15,17). The summed E-state index contributed by atoms with van der Waals surface area (Å²) in [6.45, 7) is 2.67. The van der Waals surface area contributed by atoms with E-state index >= 15 is 0 Å². The molecule has 0 aliphatic carbocycles. The van der Waals surface area contributed by atoms with Gasteiger partial charge < -0.3 is 16.3 Å². The Morgan fingerprint density at radius 1 is 1.53 bits per heavy atom. The molecule has 0 amide bonds. The largest absolute Gasteiger partial charge is 0.409 e. The first-order valence-electron chi connectivity index (χ1n) is 6.10. The van der Waals surface area contributed by atoms with Crippen molar-refractivity contribution in [1.29, 1.82) is 0 Å². The normalized spacial score (nSPS) is 13.5. The van der Waals surface area contributed by atoms with Crippen molar-refractivity contribution in [2.75, 3.05) is 12.0 Å². The lowest BCUT2D eigenvalue weighted by Gasteiger charge is -2.16. The Bertz CT molecular complexity index is 440. The summed E-state index contributed by atoms with van der Waals surface area (Å²) in [6.07, 6.45) is 3.08. The van der Waals surface area contributed by atoms with E-state index in [1.165, 1.54) is 12.1 Å². The fraction of sp³-hybridized carbons (Fsp3) is 0.462. The van der Waals surface area contributed by atoms with Crippen molar-refractivity contribution in [3.63, 3.8) is 0 Å². The number of thioether (sulfide) groups is 1. The fourth-order valence-corrected chi connectivity index (χ4v) is 2.50. The first-order valence-corrected chi connectivity index (χ1v) is 7.49. The van der Waals surface area contributed by atoms with Crippen LogP contribution in [-0.4, -0.2) is 29.1 Å². The van der Waals surface area contributed by atoms with Crippen molar-refractivity contribution < 1.29 is 9.60 Å². The summed E-state index contributed by atoms with van der Waals surface area (Å²) in [7, 11) is 0. The Hall–Kier alpha value is -1.27. The molecule has 0 bridgehead atoms. The average molecular weight is 285 g/mol.